The van der Waals surface area contributed by atoms with Gasteiger partial charge in [0.1, 0.15) is 0 Å². The van der Waals surface area contributed by atoms with Crippen LogP contribution >= 0.6 is 0 Å². The second kappa shape index (κ2) is 5.20. The second-order valence-electron chi connectivity index (χ2n) is 3.65. The van der Waals surface area contributed by atoms with Gasteiger partial charge in [0.05, 0.1) is 6.10 Å². The van der Waals surface area contributed by atoms with Gasteiger partial charge in [0.25, 0.3) is 0 Å². The molecule has 0 radical (unpaired) electrons. The predicted octanol–water partition coefficient (Wildman–Crippen LogP) is 1.43. The van der Waals surface area contributed by atoms with E-state index in [-0.39, 0.29) is 6.10 Å². The van der Waals surface area contributed by atoms with Crippen LogP contribution in [0, 0.1) is 5.92 Å². The highest BCUT2D eigenvalue weighted by atomic mass is 16.3. The van der Waals surface area contributed by atoms with Gasteiger partial charge in [-0.3, -0.25) is 4.90 Å². The molecular weight excluding hydrogens is 162 g/mol. The number of aliphatic hydroxyl groups excluding tert-OH is 1. The third kappa shape index (κ3) is 2.98. The summed E-state index contributed by atoms with van der Waals surface area (Å²) < 4.78 is 0. The largest absolute Gasteiger partial charge is 0.389 e. The van der Waals surface area contributed by atoms with Gasteiger partial charge in [-0.15, -0.1) is 13.2 Å². The minimum Gasteiger partial charge on any atom is -0.389 e. The summed E-state index contributed by atoms with van der Waals surface area (Å²) in [5.41, 5.74) is 0. The van der Waals surface area contributed by atoms with Crippen LogP contribution < -0.4 is 0 Å². The molecule has 1 atom stereocenters. The van der Waals surface area contributed by atoms with Crippen molar-refractivity contribution in [2.24, 2.45) is 5.92 Å². The molecule has 2 heteroatoms. The van der Waals surface area contributed by atoms with Gasteiger partial charge in [0.2, 0.25) is 0 Å². The van der Waals surface area contributed by atoms with Gasteiger partial charge in [0.15, 0.2) is 0 Å². The van der Waals surface area contributed by atoms with Gasteiger partial charge < -0.3 is 5.11 Å². The van der Waals surface area contributed by atoms with Crippen molar-refractivity contribution in [1.29, 1.82) is 0 Å². The van der Waals surface area contributed by atoms with E-state index in [0.29, 0.717) is 5.92 Å². The lowest BCUT2D eigenvalue weighted by atomic mass is 9.91. The molecule has 2 nitrogen and oxygen atoms in total. The number of hydrogen-bond donors (Lipinski definition) is 1. The van der Waals surface area contributed by atoms with Crippen molar-refractivity contribution >= 4 is 0 Å². The Morgan fingerprint density at radius 2 is 2.00 bits per heavy atom. The predicted molar refractivity (Wildman–Crippen MR) is 55.6 cm³/mol. The van der Waals surface area contributed by atoms with Crippen molar-refractivity contribution in [3.8, 4) is 0 Å². The number of nitrogens with zero attached hydrogens (tertiary/aromatic N) is 1. The van der Waals surface area contributed by atoms with Crippen LogP contribution in [0.25, 0.3) is 0 Å². The molecule has 0 saturated carbocycles. The fourth-order valence-corrected chi connectivity index (χ4v) is 1.85. The molecule has 13 heavy (non-hydrogen) atoms. The van der Waals surface area contributed by atoms with E-state index in [4.69, 9.17) is 0 Å². The fourth-order valence-electron chi connectivity index (χ4n) is 1.85. The van der Waals surface area contributed by atoms with E-state index in [1.807, 2.05) is 6.08 Å². The maximum Gasteiger partial charge on any atom is 0.0747 e. The van der Waals surface area contributed by atoms with Gasteiger partial charge in [0, 0.05) is 6.54 Å². The van der Waals surface area contributed by atoms with E-state index >= 15 is 0 Å². The molecule has 1 unspecified atom stereocenters. The fraction of sp³-hybridized carbons (Fsp3) is 0.636. The van der Waals surface area contributed by atoms with Crippen LogP contribution in [0.4, 0.5) is 0 Å². The van der Waals surface area contributed by atoms with Crippen molar-refractivity contribution in [1.82, 2.24) is 4.90 Å². The number of rotatable bonds is 4. The lowest BCUT2D eigenvalue weighted by Gasteiger charge is -2.32. The zero-order valence-corrected chi connectivity index (χ0v) is 8.15. The van der Waals surface area contributed by atoms with E-state index in [0.717, 1.165) is 32.5 Å². The molecule has 1 fully saturated rings. The Hall–Kier alpha value is -0.600. The van der Waals surface area contributed by atoms with Crippen molar-refractivity contribution in [3.05, 3.63) is 25.3 Å². The maximum absolute atomic E-state index is 9.54. The molecule has 1 heterocycles. The molecular formula is C11H19NO. The van der Waals surface area contributed by atoms with Gasteiger partial charge >= 0.3 is 0 Å². The molecule has 1 saturated heterocycles. The molecule has 0 aromatic rings. The monoisotopic (exact) mass is 181 g/mol. The topological polar surface area (TPSA) is 23.5 Å². The first-order valence-electron chi connectivity index (χ1n) is 4.91. The lowest BCUT2D eigenvalue weighted by molar-refractivity contribution is 0.0943. The Labute approximate surface area is 80.6 Å². The SMILES string of the molecule is C=CCN1CCC(C(O)C=C)CC1. The smallest absolute Gasteiger partial charge is 0.0747 e. The van der Waals surface area contributed by atoms with Crippen LogP contribution in [0.2, 0.25) is 0 Å². The lowest BCUT2D eigenvalue weighted by Crippen LogP contribution is -2.37. The van der Waals surface area contributed by atoms with Crippen LogP contribution in [-0.4, -0.2) is 35.7 Å². The van der Waals surface area contributed by atoms with E-state index in [2.05, 4.69) is 18.1 Å². The molecule has 74 valence electrons. The van der Waals surface area contributed by atoms with E-state index < -0.39 is 0 Å². The van der Waals surface area contributed by atoms with Crippen LogP contribution in [0.1, 0.15) is 12.8 Å². The average molecular weight is 181 g/mol. The van der Waals surface area contributed by atoms with Crippen molar-refractivity contribution < 1.29 is 5.11 Å². The quantitative estimate of drug-likeness (QED) is 0.663. The van der Waals surface area contributed by atoms with Gasteiger partial charge in [-0.25, -0.2) is 0 Å². The van der Waals surface area contributed by atoms with Gasteiger partial charge in [-0.1, -0.05) is 12.2 Å². The summed E-state index contributed by atoms with van der Waals surface area (Å²) in [5, 5.41) is 9.54. The summed E-state index contributed by atoms with van der Waals surface area (Å²) in [6.07, 6.45) is 5.41. The van der Waals surface area contributed by atoms with E-state index in [1.165, 1.54) is 0 Å². The molecule has 0 aromatic heterocycles. The molecule has 0 amide bonds. The number of hydrogen-bond acceptors (Lipinski definition) is 2. The Morgan fingerprint density at radius 3 is 2.46 bits per heavy atom. The number of likely N-dealkylation sites (tertiary alicyclic amines) is 1. The number of aliphatic hydroxyl groups is 1. The first-order valence-corrected chi connectivity index (χ1v) is 4.91. The molecule has 1 aliphatic heterocycles. The zero-order valence-electron chi connectivity index (χ0n) is 8.15. The summed E-state index contributed by atoms with van der Waals surface area (Å²) >= 11 is 0. The molecule has 1 rings (SSSR count). The standard InChI is InChI=1S/C11H19NO/c1-3-7-12-8-5-10(6-9-12)11(13)4-2/h3-4,10-11,13H,1-2,5-9H2. The molecule has 0 bridgehead atoms. The van der Waals surface area contributed by atoms with Crippen LogP contribution in [-0.2, 0) is 0 Å². The highest BCUT2D eigenvalue weighted by Gasteiger charge is 2.22. The van der Waals surface area contributed by atoms with Gasteiger partial charge in [-0.2, -0.15) is 0 Å². The Morgan fingerprint density at radius 1 is 1.38 bits per heavy atom. The highest BCUT2D eigenvalue weighted by Crippen LogP contribution is 2.20. The van der Waals surface area contributed by atoms with Crippen LogP contribution in [0.5, 0.6) is 0 Å². The molecule has 1 aliphatic rings. The zero-order chi connectivity index (χ0) is 9.68. The normalized spacial score (nSPS) is 22.5. The molecule has 0 aliphatic carbocycles. The maximum atomic E-state index is 9.54. The van der Waals surface area contributed by atoms with Crippen LogP contribution in [0.3, 0.4) is 0 Å². The minimum absolute atomic E-state index is 0.314. The first-order chi connectivity index (χ1) is 6.27. The van der Waals surface area contributed by atoms with Gasteiger partial charge in [-0.05, 0) is 31.8 Å². The highest BCUT2D eigenvalue weighted by molar-refractivity contribution is 4.88. The summed E-state index contributed by atoms with van der Waals surface area (Å²) in [6.45, 7) is 10.4. The minimum atomic E-state index is -0.314. The number of piperidine rings is 1. The van der Waals surface area contributed by atoms with Crippen molar-refractivity contribution in [2.45, 2.75) is 18.9 Å². The van der Waals surface area contributed by atoms with Crippen molar-refractivity contribution in [2.75, 3.05) is 19.6 Å². The third-order valence-corrected chi connectivity index (χ3v) is 2.74. The third-order valence-electron chi connectivity index (χ3n) is 2.74. The Bertz CT molecular complexity index is 171. The van der Waals surface area contributed by atoms with Crippen LogP contribution in [0.15, 0.2) is 25.3 Å². The summed E-state index contributed by atoms with van der Waals surface area (Å²) in [5.74, 6) is 0.415. The average Bonchev–Trinajstić information content (AvgIpc) is 2.18. The van der Waals surface area contributed by atoms with E-state index in [1.54, 1.807) is 6.08 Å². The van der Waals surface area contributed by atoms with Crippen molar-refractivity contribution in [3.63, 3.8) is 0 Å². The molecule has 0 spiro atoms. The second-order valence-corrected chi connectivity index (χ2v) is 3.65. The Balaban J connectivity index is 2.29. The van der Waals surface area contributed by atoms with E-state index in [9.17, 15) is 5.11 Å². The summed E-state index contributed by atoms with van der Waals surface area (Å²) in [4.78, 5) is 2.36. The Kier molecular flexibility index (Phi) is 4.19. The first kappa shape index (κ1) is 10.5. The molecule has 1 N–H and O–H groups in total. The summed E-state index contributed by atoms with van der Waals surface area (Å²) in [6, 6.07) is 0. The summed E-state index contributed by atoms with van der Waals surface area (Å²) in [7, 11) is 0. The molecule has 0 aromatic carbocycles.